The topological polar surface area (TPSA) is 75.4 Å². The second-order valence-corrected chi connectivity index (χ2v) is 6.03. The van der Waals surface area contributed by atoms with Crippen molar-refractivity contribution in [3.63, 3.8) is 0 Å². The molecule has 6 heteroatoms. The molecule has 1 aliphatic rings. The highest BCUT2D eigenvalue weighted by molar-refractivity contribution is 5.88. The van der Waals surface area contributed by atoms with E-state index in [1.807, 2.05) is 20.9 Å². The van der Waals surface area contributed by atoms with E-state index in [4.69, 9.17) is 0 Å². The van der Waals surface area contributed by atoms with Gasteiger partial charge in [-0.2, -0.15) is 5.10 Å². The normalized spacial score (nSPS) is 22.4. The van der Waals surface area contributed by atoms with Crippen molar-refractivity contribution in [2.24, 2.45) is 7.05 Å². The maximum atomic E-state index is 12.6. The van der Waals surface area contributed by atoms with Gasteiger partial charge in [-0.1, -0.05) is 0 Å². The van der Waals surface area contributed by atoms with Gasteiger partial charge in [-0.05, 0) is 40.0 Å². The molecule has 21 heavy (non-hydrogen) atoms. The number of aliphatic carboxylic acids is 1. The quantitative estimate of drug-likeness (QED) is 0.915. The van der Waals surface area contributed by atoms with Crippen LogP contribution in [-0.2, 0) is 23.1 Å². The summed E-state index contributed by atoms with van der Waals surface area (Å²) in [7, 11) is 1.85. The van der Waals surface area contributed by atoms with E-state index in [1.54, 1.807) is 11.6 Å². The third-order valence-corrected chi connectivity index (χ3v) is 4.64. The number of aryl methyl sites for hydroxylation is 2. The number of carboxylic acid groups (broad SMARTS) is 1. The molecule has 0 aromatic carbocycles. The van der Waals surface area contributed by atoms with Gasteiger partial charge in [0.15, 0.2) is 0 Å². The van der Waals surface area contributed by atoms with Gasteiger partial charge in [-0.3, -0.25) is 9.48 Å². The van der Waals surface area contributed by atoms with Crippen LogP contribution in [0.25, 0.3) is 0 Å². The van der Waals surface area contributed by atoms with Crippen molar-refractivity contribution >= 4 is 11.9 Å². The van der Waals surface area contributed by atoms with Gasteiger partial charge in [0.25, 0.3) is 0 Å². The largest absolute Gasteiger partial charge is 0.480 e. The zero-order valence-corrected chi connectivity index (χ0v) is 13.1. The van der Waals surface area contributed by atoms with Crippen molar-refractivity contribution in [1.82, 2.24) is 14.7 Å². The van der Waals surface area contributed by atoms with Gasteiger partial charge in [0, 0.05) is 24.8 Å². The van der Waals surface area contributed by atoms with Gasteiger partial charge >= 0.3 is 5.97 Å². The summed E-state index contributed by atoms with van der Waals surface area (Å²) in [6, 6.07) is 0. The lowest BCUT2D eigenvalue weighted by molar-refractivity contribution is -0.160. The zero-order chi connectivity index (χ0) is 15.8. The summed E-state index contributed by atoms with van der Waals surface area (Å²) in [6.07, 6.45) is 2.44. The fraction of sp³-hybridized carbons (Fsp3) is 0.667. The Morgan fingerprint density at radius 2 is 2.00 bits per heavy atom. The number of nitrogens with zero attached hydrogens (tertiary/aromatic N) is 3. The second-order valence-electron chi connectivity index (χ2n) is 6.03. The Labute approximate surface area is 124 Å². The third-order valence-electron chi connectivity index (χ3n) is 4.64. The van der Waals surface area contributed by atoms with Crippen LogP contribution in [0, 0.1) is 13.8 Å². The standard InChI is InChI=1S/C15H23N3O3/c1-10-12(11(2)17(4)16-10)9-13(19)18-8-6-5-7-15(18,3)14(20)21/h5-9H2,1-4H3,(H,20,21). The lowest BCUT2D eigenvalue weighted by atomic mass is 9.88. The van der Waals surface area contributed by atoms with Gasteiger partial charge in [-0.25, -0.2) is 4.79 Å². The van der Waals surface area contributed by atoms with E-state index in [2.05, 4.69) is 5.10 Å². The number of rotatable bonds is 3. The smallest absolute Gasteiger partial charge is 0.329 e. The van der Waals surface area contributed by atoms with Crippen molar-refractivity contribution in [3.05, 3.63) is 17.0 Å². The molecule has 6 nitrogen and oxygen atoms in total. The summed E-state index contributed by atoms with van der Waals surface area (Å²) < 4.78 is 1.75. The first kappa shape index (κ1) is 15.5. The van der Waals surface area contributed by atoms with Gasteiger partial charge in [0.1, 0.15) is 5.54 Å². The van der Waals surface area contributed by atoms with Gasteiger partial charge in [-0.15, -0.1) is 0 Å². The summed E-state index contributed by atoms with van der Waals surface area (Å²) >= 11 is 0. The molecule has 0 radical (unpaired) electrons. The molecule has 0 bridgehead atoms. The number of carboxylic acids is 1. The van der Waals surface area contributed by atoms with E-state index < -0.39 is 11.5 Å². The van der Waals surface area contributed by atoms with Crippen molar-refractivity contribution in [2.45, 2.75) is 52.0 Å². The number of hydrogen-bond donors (Lipinski definition) is 1. The van der Waals surface area contributed by atoms with Crippen LogP contribution in [0.5, 0.6) is 0 Å². The molecule has 1 amide bonds. The third kappa shape index (κ3) is 2.66. The molecule has 1 N–H and O–H groups in total. The van der Waals surface area contributed by atoms with Crippen molar-refractivity contribution in [2.75, 3.05) is 6.54 Å². The maximum Gasteiger partial charge on any atom is 0.329 e. The Morgan fingerprint density at radius 1 is 1.33 bits per heavy atom. The summed E-state index contributed by atoms with van der Waals surface area (Å²) in [6.45, 7) is 5.97. The molecular formula is C15H23N3O3. The fourth-order valence-corrected chi connectivity index (χ4v) is 3.06. The second kappa shape index (κ2) is 5.50. The number of likely N-dealkylation sites (tertiary alicyclic amines) is 1. The summed E-state index contributed by atoms with van der Waals surface area (Å²) in [4.78, 5) is 25.7. The molecule has 1 aromatic rings. The first-order chi connectivity index (χ1) is 9.77. The lowest BCUT2D eigenvalue weighted by Crippen LogP contribution is -2.57. The van der Waals surface area contributed by atoms with Crippen LogP contribution in [-0.4, -0.2) is 43.7 Å². The number of piperidine rings is 1. The Bertz CT molecular complexity index is 579. The molecule has 116 valence electrons. The molecule has 1 aliphatic heterocycles. The molecule has 0 aliphatic carbocycles. The van der Waals surface area contributed by atoms with Gasteiger partial charge < -0.3 is 10.0 Å². The van der Waals surface area contributed by atoms with E-state index >= 15 is 0 Å². The predicted octanol–water partition coefficient (Wildman–Crippen LogP) is 1.44. The lowest BCUT2D eigenvalue weighted by Gasteiger charge is -2.41. The molecule has 0 spiro atoms. The van der Waals surface area contributed by atoms with E-state index in [0.29, 0.717) is 13.0 Å². The van der Waals surface area contributed by atoms with Crippen molar-refractivity contribution in [3.8, 4) is 0 Å². The number of carbonyl (C=O) groups excluding carboxylic acids is 1. The highest BCUT2D eigenvalue weighted by atomic mass is 16.4. The average Bonchev–Trinajstić information content (AvgIpc) is 2.65. The summed E-state index contributed by atoms with van der Waals surface area (Å²) in [5.41, 5.74) is 1.60. The zero-order valence-electron chi connectivity index (χ0n) is 13.1. The number of aromatic nitrogens is 2. The monoisotopic (exact) mass is 293 g/mol. The number of carbonyl (C=O) groups is 2. The summed E-state index contributed by atoms with van der Waals surface area (Å²) in [5.74, 6) is -1.05. The van der Waals surface area contributed by atoms with Gasteiger partial charge in [0.2, 0.25) is 5.91 Å². The van der Waals surface area contributed by atoms with Crippen LogP contribution in [0.4, 0.5) is 0 Å². The van der Waals surface area contributed by atoms with Crippen molar-refractivity contribution in [1.29, 1.82) is 0 Å². The Kier molecular flexibility index (Phi) is 4.07. The molecule has 1 aromatic heterocycles. The minimum absolute atomic E-state index is 0.126. The van der Waals surface area contributed by atoms with Gasteiger partial charge in [0.05, 0.1) is 12.1 Å². The molecule has 2 rings (SSSR count). The maximum absolute atomic E-state index is 12.6. The highest BCUT2D eigenvalue weighted by Crippen LogP contribution is 2.29. The Hall–Kier alpha value is -1.85. The Morgan fingerprint density at radius 3 is 2.52 bits per heavy atom. The fourth-order valence-electron chi connectivity index (χ4n) is 3.06. The average molecular weight is 293 g/mol. The van der Waals surface area contributed by atoms with Crippen molar-refractivity contribution < 1.29 is 14.7 Å². The highest BCUT2D eigenvalue weighted by Gasteiger charge is 2.43. The minimum Gasteiger partial charge on any atom is -0.480 e. The van der Waals surface area contributed by atoms with E-state index in [1.165, 1.54) is 4.90 Å². The molecule has 2 heterocycles. The van der Waals surface area contributed by atoms with Crippen LogP contribution < -0.4 is 0 Å². The molecule has 1 fully saturated rings. The van der Waals surface area contributed by atoms with Crippen LogP contribution in [0.3, 0.4) is 0 Å². The van der Waals surface area contributed by atoms with Crippen LogP contribution in [0.1, 0.15) is 43.1 Å². The molecule has 0 saturated carbocycles. The minimum atomic E-state index is -1.08. The first-order valence-electron chi connectivity index (χ1n) is 7.30. The molecule has 1 atom stereocenters. The first-order valence-corrected chi connectivity index (χ1v) is 7.30. The number of hydrogen-bond acceptors (Lipinski definition) is 3. The molecule has 1 unspecified atom stereocenters. The summed E-state index contributed by atoms with van der Waals surface area (Å²) in [5, 5.41) is 13.8. The molecule has 1 saturated heterocycles. The Balaban J connectivity index is 2.24. The van der Waals surface area contributed by atoms with Crippen LogP contribution >= 0.6 is 0 Å². The number of amides is 1. The van der Waals surface area contributed by atoms with E-state index in [-0.39, 0.29) is 12.3 Å². The predicted molar refractivity (Wildman–Crippen MR) is 78.0 cm³/mol. The van der Waals surface area contributed by atoms with E-state index in [9.17, 15) is 14.7 Å². The SMILES string of the molecule is Cc1nn(C)c(C)c1CC(=O)N1CCCCC1(C)C(=O)O. The van der Waals surface area contributed by atoms with E-state index in [0.717, 1.165) is 29.8 Å². The van der Waals surface area contributed by atoms with Crippen LogP contribution in [0.2, 0.25) is 0 Å². The molecular weight excluding hydrogens is 270 g/mol. The van der Waals surface area contributed by atoms with Crippen LogP contribution in [0.15, 0.2) is 0 Å².